The van der Waals surface area contributed by atoms with E-state index in [1.54, 1.807) is 7.11 Å². The minimum Gasteiger partial charge on any atom is -0.497 e. The number of ether oxygens (including phenoxy) is 1. The van der Waals surface area contributed by atoms with E-state index in [0.717, 1.165) is 17.9 Å². The second-order valence-corrected chi connectivity index (χ2v) is 5.20. The van der Waals surface area contributed by atoms with Gasteiger partial charge in [0.25, 0.3) is 0 Å². The van der Waals surface area contributed by atoms with Crippen molar-refractivity contribution in [2.24, 2.45) is 5.73 Å². The summed E-state index contributed by atoms with van der Waals surface area (Å²) in [5.41, 5.74) is 7.79. The minimum absolute atomic E-state index is 0.396. The van der Waals surface area contributed by atoms with Gasteiger partial charge in [-0.05, 0) is 49.6 Å². The summed E-state index contributed by atoms with van der Waals surface area (Å²) < 4.78 is 5.34. The predicted octanol–water partition coefficient (Wildman–Crippen LogP) is 2.38. The van der Waals surface area contributed by atoms with Gasteiger partial charge in [-0.2, -0.15) is 0 Å². The molecule has 2 N–H and O–H groups in total. The molecule has 0 aliphatic carbocycles. The Kier molecular flexibility index (Phi) is 5.46. The van der Waals surface area contributed by atoms with E-state index in [4.69, 9.17) is 10.5 Å². The van der Waals surface area contributed by atoms with E-state index in [9.17, 15) is 0 Å². The third kappa shape index (κ3) is 3.53. The molecule has 1 aliphatic rings. The summed E-state index contributed by atoms with van der Waals surface area (Å²) in [4.78, 5) is 2.56. The number of likely N-dealkylation sites (tertiary alicyclic amines) is 1. The molecule has 20 heavy (non-hydrogen) atoms. The van der Waals surface area contributed by atoms with Gasteiger partial charge in [0.2, 0.25) is 0 Å². The first-order chi connectivity index (χ1) is 9.78. The molecule has 108 valence electrons. The van der Waals surface area contributed by atoms with Crippen LogP contribution in [0.4, 0.5) is 0 Å². The summed E-state index contributed by atoms with van der Waals surface area (Å²) in [6.45, 7) is 4.79. The predicted molar refractivity (Wildman–Crippen MR) is 82.6 cm³/mol. The molecule has 2 rings (SSSR count). The molecule has 1 heterocycles. The first kappa shape index (κ1) is 14.9. The first-order valence-electron chi connectivity index (χ1n) is 7.38. The fraction of sp³-hybridized carbons (Fsp3) is 0.529. The summed E-state index contributed by atoms with van der Waals surface area (Å²) >= 11 is 0. The van der Waals surface area contributed by atoms with Crippen molar-refractivity contribution in [3.8, 4) is 17.6 Å². The molecular weight excluding hydrogens is 248 g/mol. The van der Waals surface area contributed by atoms with Crippen LogP contribution in [0.5, 0.6) is 5.75 Å². The Bertz CT molecular complexity index is 501. The van der Waals surface area contributed by atoms with Gasteiger partial charge in [0, 0.05) is 18.2 Å². The van der Waals surface area contributed by atoms with E-state index in [1.165, 1.54) is 31.4 Å². The highest BCUT2D eigenvalue weighted by atomic mass is 16.5. The second kappa shape index (κ2) is 7.33. The van der Waals surface area contributed by atoms with Crippen molar-refractivity contribution < 1.29 is 4.74 Å². The molecule has 0 aromatic heterocycles. The van der Waals surface area contributed by atoms with E-state index in [2.05, 4.69) is 29.7 Å². The first-order valence-corrected chi connectivity index (χ1v) is 7.38. The molecule has 3 heteroatoms. The molecule has 0 spiro atoms. The topological polar surface area (TPSA) is 38.5 Å². The highest BCUT2D eigenvalue weighted by Gasteiger charge is 2.23. The van der Waals surface area contributed by atoms with Crippen LogP contribution in [0, 0.1) is 11.8 Å². The maximum absolute atomic E-state index is 5.48. The van der Waals surface area contributed by atoms with Gasteiger partial charge in [-0.3, -0.25) is 4.90 Å². The number of methoxy groups -OCH3 is 1. The molecular formula is C17H24N2O. The number of nitrogens with two attached hydrogens (primary N) is 1. The summed E-state index contributed by atoms with van der Waals surface area (Å²) in [5.74, 6) is 7.02. The van der Waals surface area contributed by atoms with Crippen molar-refractivity contribution in [2.45, 2.75) is 38.8 Å². The number of nitrogens with zero attached hydrogens (tertiary/aromatic N) is 1. The van der Waals surface area contributed by atoms with Gasteiger partial charge < -0.3 is 10.5 Å². The molecule has 0 radical (unpaired) electrons. The van der Waals surface area contributed by atoms with Crippen LogP contribution >= 0.6 is 0 Å². The van der Waals surface area contributed by atoms with Crippen molar-refractivity contribution in [3.05, 3.63) is 29.3 Å². The van der Waals surface area contributed by atoms with Gasteiger partial charge in [-0.1, -0.05) is 18.8 Å². The van der Waals surface area contributed by atoms with Crippen LogP contribution in [0.15, 0.2) is 18.2 Å². The van der Waals surface area contributed by atoms with Crippen LogP contribution < -0.4 is 10.5 Å². The van der Waals surface area contributed by atoms with E-state index >= 15 is 0 Å². The van der Waals surface area contributed by atoms with Gasteiger partial charge in [0.15, 0.2) is 0 Å². The molecule has 1 aliphatic heterocycles. The van der Waals surface area contributed by atoms with Crippen molar-refractivity contribution in [1.82, 2.24) is 4.90 Å². The molecule has 0 saturated carbocycles. The molecule has 1 aromatic rings. The Morgan fingerprint density at radius 2 is 2.30 bits per heavy atom. The molecule has 1 fully saturated rings. The summed E-state index contributed by atoms with van der Waals surface area (Å²) in [6, 6.07) is 6.81. The largest absolute Gasteiger partial charge is 0.497 e. The third-order valence-electron chi connectivity index (χ3n) is 3.98. The zero-order valence-electron chi connectivity index (χ0n) is 12.5. The monoisotopic (exact) mass is 272 g/mol. The quantitative estimate of drug-likeness (QED) is 0.855. The van der Waals surface area contributed by atoms with Gasteiger partial charge in [-0.25, -0.2) is 0 Å². The summed E-state index contributed by atoms with van der Waals surface area (Å²) in [5, 5.41) is 0. The molecule has 1 atom stereocenters. The van der Waals surface area contributed by atoms with Crippen molar-refractivity contribution in [3.63, 3.8) is 0 Å². The van der Waals surface area contributed by atoms with Crippen molar-refractivity contribution in [2.75, 3.05) is 20.2 Å². The summed E-state index contributed by atoms with van der Waals surface area (Å²) in [6.07, 6.45) is 3.82. The molecule has 0 bridgehead atoms. The number of hydrogen-bond donors (Lipinski definition) is 1. The average Bonchev–Trinajstić information content (AvgIpc) is 2.93. The molecule has 1 unspecified atom stereocenters. The second-order valence-electron chi connectivity index (χ2n) is 5.20. The zero-order chi connectivity index (χ0) is 14.4. The normalized spacial score (nSPS) is 18.6. The maximum Gasteiger partial charge on any atom is 0.119 e. The molecule has 1 saturated heterocycles. The third-order valence-corrected chi connectivity index (χ3v) is 3.98. The van der Waals surface area contributed by atoms with Crippen molar-refractivity contribution in [1.29, 1.82) is 0 Å². The Morgan fingerprint density at radius 3 is 3.00 bits per heavy atom. The Morgan fingerprint density at radius 1 is 1.45 bits per heavy atom. The maximum atomic E-state index is 5.48. The number of rotatable bonds is 4. The van der Waals surface area contributed by atoms with Gasteiger partial charge in [0.1, 0.15) is 5.75 Å². The fourth-order valence-electron chi connectivity index (χ4n) is 2.88. The van der Waals surface area contributed by atoms with Crippen LogP contribution in [-0.4, -0.2) is 31.1 Å². The number of hydrogen-bond acceptors (Lipinski definition) is 3. The van der Waals surface area contributed by atoms with Crippen LogP contribution in [-0.2, 0) is 6.54 Å². The van der Waals surface area contributed by atoms with Crippen LogP contribution in [0.1, 0.15) is 37.3 Å². The molecule has 0 amide bonds. The Labute approximate surface area is 122 Å². The van der Waals surface area contributed by atoms with Crippen LogP contribution in [0.3, 0.4) is 0 Å². The number of benzene rings is 1. The van der Waals surface area contributed by atoms with Gasteiger partial charge >= 0.3 is 0 Å². The minimum atomic E-state index is 0.396. The highest BCUT2D eigenvalue weighted by molar-refractivity contribution is 5.45. The smallest absolute Gasteiger partial charge is 0.119 e. The van der Waals surface area contributed by atoms with E-state index in [1.807, 2.05) is 12.1 Å². The van der Waals surface area contributed by atoms with Gasteiger partial charge in [0.05, 0.1) is 13.7 Å². The average molecular weight is 272 g/mol. The fourth-order valence-corrected chi connectivity index (χ4v) is 2.88. The zero-order valence-corrected chi connectivity index (χ0v) is 12.5. The van der Waals surface area contributed by atoms with E-state index in [0.29, 0.717) is 12.6 Å². The van der Waals surface area contributed by atoms with E-state index < -0.39 is 0 Å². The van der Waals surface area contributed by atoms with Crippen LogP contribution in [0.2, 0.25) is 0 Å². The summed E-state index contributed by atoms with van der Waals surface area (Å²) in [7, 11) is 1.70. The molecule has 1 aromatic carbocycles. The standard InChI is InChI=1S/C17H24N2O/c1-3-16-7-5-11-19(16)13-15-12-17(20-2)9-8-14(15)6-4-10-18/h8-9,12,16H,3,5,7,10-11,13,18H2,1-2H3. The highest BCUT2D eigenvalue weighted by Crippen LogP contribution is 2.25. The SMILES string of the molecule is CCC1CCCN1Cc1cc(OC)ccc1C#CCN. The lowest BCUT2D eigenvalue weighted by molar-refractivity contribution is 0.239. The van der Waals surface area contributed by atoms with E-state index in [-0.39, 0.29) is 0 Å². The molecule has 3 nitrogen and oxygen atoms in total. The lowest BCUT2D eigenvalue weighted by Crippen LogP contribution is -2.28. The van der Waals surface area contributed by atoms with Crippen molar-refractivity contribution >= 4 is 0 Å². The van der Waals surface area contributed by atoms with Crippen LogP contribution in [0.25, 0.3) is 0 Å². The Hall–Kier alpha value is -1.50. The Balaban J connectivity index is 2.23. The lowest BCUT2D eigenvalue weighted by Gasteiger charge is -2.24. The van der Waals surface area contributed by atoms with Gasteiger partial charge in [-0.15, -0.1) is 0 Å². The lowest BCUT2D eigenvalue weighted by atomic mass is 10.1.